The molecule has 0 atom stereocenters. The van der Waals surface area contributed by atoms with Crippen LogP contribution in [0.4, 0.5) is 5.69 Å². The van der Waals surface area contributed by atoms with E-state index in [0.717, 1.165) is 4.31 Å². The fourth-order valence-corrected chi connectivity index (χ4v) is 3.11. The van der Waals surface area contributed by atoms with Crippen molar-refractivity contribution in [3.05, 3.63) is 23.2 Å². The zero-order chi connectivity index (χ0) is 14.1. The van der Waals surface area contributed by atoms with Crippen LogP contribution in [0.5, 0.6) is 0 Å². The Morgan fingerprint density at radius 3 is 2.44 bits per heavy atom. The maximum atomic E-state index is 12.4. The molecule has 0 saturated heterocycles. The molecule has 18 heavy (non-hydrogen) atoms. The standard InChI is InChI=1S/C11H17ClN2O3S/c1-11(2,7-15)14(3)18(16,17)10-5-4-8(12)6-9(10)13/h4-6,15H,7,13H2,1-3H3. The Morgan fingerprint density at radius 1 is 1.44 bits per heavy atom. The molecule has 3 N–H and O–H groups in total. The summed E-state index contributed by atoms with van der Waals surface area (Å²) in [7, 11) is -2.36. The molecule has 0 radical (unpaired) electrons. The molecule has 102 valence electrons. The number of nitrogens with two attached hydrogens (primary N) is 1. The number of benzene rings is 1. The quantitative estimate of drug-likeness (QED) is 0.820. The summed E-state index contributed by atoms with van der Waals surface area (Å²) < 4.78 is 25.8. The summed E-state index contributed by atoms with van der Waals surface area (Å²) in [5, 5.41) is 9.60. The predicted molar refractivity (Wildman–Crippen MR) is 72.0 cm³/mol. The van der Waals surface area contributed by atoms with Gasteiger partial charge in [-0.1, -0.05) is 11.6 Å². The van der Waals surface area contributed by atoms with Gasteiger partial charge in [0.1, 0.15) is 4.90 Å². The van der Waals surface area contributed by atoms with Gasteiger partial charge >= 0.3 is 0 Å². The molecule has 7 heteroatoms. The molecule has 0 saturated carbocycles. The molecule has 0 aliphatic carbocycles. The fraction of sp³-hybridized carbons (Fsp3) is 0.455. The van der Waals surface area contributed by atoms with Crippen LogP contribution in [0.3, 0.4) is 0 Å². The molecule has 1 aromatic rings. The highest BCUT2D eigenvalue weighted by Gasteiger charge is 2.34. The van der Waals surface area contributed by atoms with Crippen LogP contribution < -0.4 is 5.73 Å². The van der Waals surface area contributed by atoms with E-state index in [1.807, 2.05) is 0 Å². The molecule has 5 nitrogen and oxygen atoms in total. The number of rotatable bonds is 4. The van der Waals surface area contributed by atoms with Crippen LogP contribution in [-0.4, -0.2) is 37.0 Å². The van der Waals surface area contributed by atoms with Crippen molar-refractivity contribution in [2.75, 3.05) is 19.4 Å². The van der Waals surface area contributed by atoms with Crippen molar-refractivity contribution < 1.29 is 13.5 Å². The number of nitrogen functional groups attached to an aromatic ring is 1. The topological polar surface area (TPSA) is 83.6 Å². The number of hydrogen-bond donors (Lipinski definition) is 2. The Morgan fingerprint density at radius 2 is 2.00 bits per heavy atom. The molecule has 0 spiro atoms. The van der Waals surface area contributed by atoms with Crippen molar-refractivity contribution in [2.24, 2.45) is 0 Å². The van der Waals surface area contributed by atoms with Crippen LogP contribution >= 0.6 is 11.6 Å². The smallest absolute Gasteiger partial charge is 0.245 e. The average molecular weight is 293 g/mol. The van der Waals surface area contributed by atoms with E-state index in [1.54, 1.807) is 13.8 Å². The van der Waals surface area contributed by atoms with Crippen molar-refractivity contribution in [1.82, 2.24) is 4.31 Å². The van der Waals surface area contributed by atoms with Crippen LogP contribution in [0.1, 0.15) is 13.8 Å². The van der Waals surface area contributed by atoms with Gasteiger partial charge in [-0.2, -0.15) is 4.31 Å². The van der Waals surface area contributed by atoms with Gasteiger partial charge in [0.05, 0.1) is 17.8 Å². The Balaban J connectivity index is 3.30. The van der Waals surface area contributed by atoms with Crippen LogP contribution in [0.2, 0.25) is 5.02 Å². The number of nitrogens with zero attached hydrogens (tertiary/aromatic N) is 1. The molecule has 1 aromatic carbocycles. The first-order valence-electron chi connectivity index (χ1n) is 5.28. The van der Waals surface area contributed by atoms with E-state index in [2.05, 4.69) is 0 Å². The minimum Gasteiger partial charge on any atom is -0.398 e. The second kappa shape index (κ2) is 5.05. The van der Waals surface area contributed by atoms with E-state index in [0.29, 0.717) is 5.02 Å². The van der Waals surface area contributed by atoms with Gasteiger partial charge in [-0.25, -0.2) is 8.42 Å². The Labute approximate surface area is 112 Å². The highest BCUT2D eigenvalue weighted by Crippen LogP contribution is 2.28. The van der Waals surface area contributed by atoms with Crippen LogP contribution in [0.25, 0.3) is 0 Å². The highest BCUT2D eigenvalue weighted by molar-refractivity contribution is 7.89. The molecule has 0 amide bonds. The van der Waals surface area contributed by atoms with E-state index in [9.17, 15) is 13.5 Å². The molecule has 0 bridgehead atoms. The summed E-state index contributed by atoms with van der Waals surface area (Å²) >= 11 is 5.74. The monoisotopic (exact) mass is 292 g/mol. The van der Waals surface area contributed by atoms with Gasteiger partial charge < -0.3 is 10.8 Å². The van der Waals surface area contributed by atoms with Gasteiger partial charge in [-0.3, -0.25) is 0 Å². The van der Waals surface area contributed by atoms with Crippen molar-refractivity contribution >= 4 is 27.3 Å². The molecule has 0 heterocycles. The summed E-state index contributed by atoms with van der Waals surface area (Å²) in [4.78, 5) is -0.0177. The number of hydrogen-bond acceptors (Lipinski definition) is 4. The van der Waals surface area contributed by atoms with Gasteiger partial charge in [0.15, 0.2) is 0 Å². The van der Waals surface area contributed by atoms with Crippen LogP contribution in [0.15, 0.2) is 23.1 Å². The minimum absolute atomic E-state index is 0.0177. The van der Waals surface area contributed by atoms with E-state index >= 15 is 0 Å². The second-order valence-corrected chi connectivity index (χ2v) is 7.00. The number of sulfonamides is 1. The SMILES string of the molecule is CN(C(C)(C)CO)S(=O)(=O)c1ccc(Cl)cc1N. The second-order valence-electron chi connectivity index (χ2n) is 4.63. The normalized spacial score (nSPS) is 13.0. The van der Waals surface area contributed by atoms with Crippen molar-refractivity contribution in [3.63, 3.8) is 0 Å². The summed E-state index contributed by atoms with van der Waals surface area (Å²) in [6, 6.07) is 4.20. The zero-order valence-corrected chi connectivity index (χ0v) is 12.1. The molecule has 0 unspecified atom stereocenters. The zero-order valence-electron chi connectivity index (χ0n) is 10.5. The molecule has 0 aliphatic rings. The van der Waals surface area contributed by atoms with Crippen LogP contribution in [0, 0.1) is 0 Å². The first kappa shape index (κ1) is 15.2. The average Bonchev–Trinajstić information content (AvgIpc) is 2.27. The molecule has 0 aromatic heterocycles. The van der Waals surface area contributed by atoms with Crippen molar-refractivity contribution in [2.45, 2.75) is 24.3 Å². The lowest BCUT2D eigenvalue weighted by Crippen LogP contribution is -2.47. The van der Waals surface area contributed by atoms with Gasteiger partial charge in [-0.05, 0) is 32.0 Å². The van der Waals surface area contributed by atoms with E-state index in [4.69, 9.17) is 17.3 Å². The minimum atomic E-state index is -3.77. The first-order valence-corrected chi connectivity index (χ1v) is 7.09. The maximum Gasteiger partial charge on any atom is 0.245 e. The number of halogens is 1. The number of aliphatic hydroxyl groups excluding tert-OH is 1. The van der Waals surface area contributed by atoms with Gasteiger partial charge in [0.25, 0.3) is 0 Å². The Bertz CT molecular complexity index is 543. The lowest BCUT2D eigenvalue weighted by atomic mass is 10.1. The number of likely N-dealkylation sites (N-methyl/N-ethyl adjacent to an activating group) is 1. The Kier molecular flexibility index (Phi) is 4.27. The summed E-state index contributed by atoms with van der Waals surface area (Å²) in [5.74, 6) is 0. The van der Waals surface area contributed by atoms with E-state index in [1.165, 1.54) is 25.2 Å². The highest BCUT2D eigenvalue weighted by atomic mass is 35.5. The van der Waals surface area contributed by atoms with E-state index < -0.39 is 15.6 Å². The van der Waals surface area contributed by atoms with E-state index in [-0.39, 0.29) is 17.2 Å². The summed E-state index contributed by atoms with van der Waals surface area (Å²) in [6.07, 6.45) is 0. The third-order valence-electron chi connectivity index (χ3n) is 2.85. The largest absolute Gasteiger partial charge is 0.398 e. The van der Waals surface area contributed by atoms with Crippen LogP contribution in [-0.2, 0) is 10.0 Å². The summed E-state index contributed by atoms with van der Waals surface area (Å²) in [6.45, 7) is 2.95. The first-order chi connectivity index (χ1) is 8.13. The molecular formula is C11H17ClN2O3S. The van der Waals surface area contributed by atoms with Gasteiger partial charge in [0, 0.05) is 12.1 Å². The lowest BCUT2D eigenvalue weighted by molar-refractivity contribution is 0.138. The Hall–Kier alpha value is -0.820. The fourth-order valence-electron chi connectivity index (χ4n) is 1.33. The molecule has 0 fully saturated rings. The lowest BCUT2D eigenvalue weighted by Gasteiger charge is -2.33. The predicted octanol–water partition coefficient (Wildman–Crippen LogP) is 1.31. The van der Waals surface area contributed by atoms with Crippen molar-refractivity contribution in [1.29, 1.82) is 0 Å². The summed E-state index contributed by atoms with van der Waals surface area (Å²) in [5.41, 5.74) is 4.85. The number of anilines is 1. The van der Waals surface area contributed by atoms with Crippen molar-refractivity contribution in [3.8, 4) is 0 Å². The molecule has 0 aliphatic heterocycles. The van der Waals surface area contributed by atoms with Gasteiger partial charge in [-0.15, -0.1) is 0 Å². The maximum absolute atomic E-state index is 12.4. The number of aliphatic hydroxyl groups is 1. The third kappa shape index (κ3) is 2.77. The molecular weight excluding hydrogens is 276 g/mol. The molecule has 1 rings (SSSR count). The third-order valence-corrected chi connectivity index (χ3v) is 5.23. The van der Waals surface area contributed by atoms with Gasteiger partial charge in [0.2, 0.25) is 10.0 Å².